The monoisotopic (exact) mass is 465 g/mol. The molecule has 0 saturated carbocycles. The lowest BCUT2D eigenvalue weighted by Crippen LogP contribution is -2.43. The van der Waals surface area contributed by atoms with Gasteiger partial charge in [0, 0.05) is 29.7 Å². The van der Waals surface area contributed by atoms with Gasteiger partial charge in [0.05, 0.1) is 16.6 Å². The van der Waals surface area contributed by atoms with Crippen molar-refractivity contribution in [3.05, 3.63) is 29.8 Å². The van der Waals surface area contributed by atoms with E-state index < -0.39 is 9.84 Å². The molecule has 1 fully saturated rings. The summed E-state index contributed by atoms with van der Waals surface area (Å²) in [5.74, 6) is 0.0703. The molecule has 0 atom stereocenters. The second-order valence-electron chi connectivity index (χ2n) is 7.85. The van der Waals surface area contributed by atoms with Crippen molar-refractivity contribution in [2.24, 2.45) is 0 Å². The average Bonchev–Trinajstić information content (AvgIpc) is 3.11. The standard InChI is InChI=1S/C22H31N3O4S2/c1-3-5-8-15-31(28,29)16-11-13-25(14-12-16)21(26)19-17-9-6-7-10-18(17)30-20(19)24-22(27)23-4-2/h6-7,9-10,16H,3-5,8,11-15H2,1-2H3,(H2,23,24,27). The number of unbranched alkanes of at least 4 members (excludes halogenated alkanes) is 2. The van der Waals surface area contributed by atoms with Crippen molar-refractivity contribution in [3.63, 3.8) is 0 Å². The molecule has 3 amide bonds. The molecular weight excluding hydrogens is 434 g/mol. The van der Waals surface area contributed by atoms with Crippen LogP contribution in [-0.4, -0.2) is 55.9 Å². The summed E-state index contributed by atoms with van der Waals surface area (Å²) in [4.78, 5) is 27.2. The molecule has 2 aromatic rings. The Bertz CT molecular complexity index is 1020. The lowest BCUT2D eigenvalue weighted by molar-refractivity contribution is 0.0729. The smallest absolute Gasteiger partial charge is 0.319 e. The Hall–Kier alpha value is -2.13. The molecule has 3 rings (SSSR count). The zero-order valence-corrected chi connectivity index (χ0v) is 19.8. The maximum absolute atomic E-state index is 13.4. The third-order valence-corrected chi connectivity index (χ3v) is 9.07. The van der Waals surface area contributed by atoms with E-state index >= 15 is 0 Å². The van der Waals surface area contributed by atoms with E-state index in [0.717, 1.165) is 22.9 Å². The third kappa shape index (κ3) is 5.57. The Balaban J connectivity index is 1.75. The number of urea groups is 1. The molecule has 9 heteroatoms. The molecule has 1 aliphatic rings. The van der Waals surface area contributed by atoms with Crippen LogP contribution in [0.15, 0.2) is 24.3 Å². The highest BCUT2D eigenvalue weighted by Crippen LogP contribution is 2.37. The van der Waals surface area contributed by atoms with Crippen LogP contribution in [0.3, 0.4) is 0 Å². The van der Waals surface area contributed by atoms with Gasteiger partial charge < -0.3 is 10.2 Å². The molecule has 2 N–H and O–H groups in total. The molecule has 1 aromatic carbocycles. The number of anilines is 1. The van der Waals surface area contributed by atoms with Gasteiger partial charge in [-0.25, -0.2) is 13.2 Å². The summed E-state index contributed by atoms with van der Waals surface area (Å²) < 4.78 is 26.2. The van der Waals surface area contributed by atoms with Crippen molar-refractivity contribution < 1.29 is 18.0 Å². The molecule has 2 heterocycles. The maximum atomic E-state index is 13.4. The largest absolute Gasteiger partial charge is 0.338 e. The van der Waals surface area contributed by atoms with E-state index in [9.17, 15) is 18.0 Å². The van der Waals surface area contributed by atoms with Crippen LogP contribution in [0.4, 0.5) is 9.80 Å². The number of sulfone groups is 1. The number of hydrogen-bond acceptors (Lipinski definition) is 5. The zero-order chi connectivity index (χ0) is 22.4. The van der Waals surface area contributed by atoms with Crippen molar-refractivity contribution in [3.8, 4) is 0 Å². The van der Waals surface area contributed by atoms with Crippen LogP contribution in [0, 0.1) is 0 Å². The number of amides is 3. The number of benzene rings is 1. The first-order valence-corrected chi connectivity index (χ1v) is 13.5. The summed E-state index contributed by atoms with van der Waals surface area (Å²) in [5.41, 5.74) is 0.483. The number of carbonyl (C=O) groups is 2. The predicted octanol–water partition coefficient (Wildman–Crippen LogP) is 4.25. The van der Waals surface area contributed by atoms with Crippen LogP contribution < -0.4 is 10.6 Å². The van der Waals surface area contributed by atoms with Crippen LogP contribution in [-0.2, 0) is 9.84 Å². The minimum Gasteiger partial charge on any atom is -0.338 e. The Morgan fingerprint density at radius 1 is 1.13 bits per heavy atom. The highest BCUT2D eigenvalue weighted by molar-refractivity contribution is 7.92. The Morgan fingerprint density at radius 2 is 1.84 bits per heavy atom. The van der Waals surface area contributed by atoms with Gasteiger partial charge in [-0.3, -0.25) is 10.1 Å². The minimum absolute atomic E-state index is 0.161. The quantitative estimate of drug-likeness (QED) is 0.570. The van der Waals surface area contributed by atoms with Crippen LogP contribution >= 0.6 is 11.3 Å². The van der Waals surface area contributed by atoms with Crippen LogP contribution in [0.5, 0.6) is 0 Å². The Labute approximate surface area is 188 Å². The van der Waals surface area contributed by atoms with Crippen LogP contribution in [0.2, 0.25) is 0 Å². The Morgan fingerprint density at radius 3 is 2.52 bits per heavy atom. The summed E-state index contributed by atoms with van der Waals surface area (Å²) in [6, 6.07) is 7.23. The molecule has 170 valence electrons. The van der Waals surface area contributed by atoms with E-state index in [0.29, 0.717) is 49.5 Å². The highest BCUT2D eigenvalue weighted by atomic mass is 32.2. The predicted molar refractivity (Wildman–Crippen MR) is 127 cm³/mol. The number of likely N-dealkylation sites (tertiary alicyclic amines) is 1. The zero-order valence-electron chi connectivity index (χ0n) is 18.1. The summed E-state index contributed by atoms with van der Waals surface area (Å²) in [6.07, 6.45) is 3.53. The third-order valence-electron chi connectivity index (χ3n) is 5.64. The molecule has 1 saturated heterocycles. The number of piperidine rings is 1. The van der Waals surface area contributed by atoms with E-state index in [1.54, 1.807) is 4.90 Å². The average molecular weight is 466 g/mol. The van der Waals surface area contributed by atoms with E-state index in [2.05, 4.69) is 17.6 Å². The first kappa shape index (κ1) is 23.5. The maximum Gasteiger partial charge on any atom is 0.319 e. The number of thiophene rings is 1. The number of carbonyl (C=O) groups excluding carboxylic acids is 2. The number of rotatable bonds is 8. The van der Waals surface area contributed by atoms with Crippen LogP contribution in [0.25, 0.3) is 10.1 Å². The van der Waals surface area contributed by atoms with E-state index in [1.165, 1.54) is 11.3 Å². The lowest BCUT2D eigenvalue weighted by atomic mass is 10.1. The molecule has 31 heavy (non-hydrogen) atoms. The molecular formula is C22H31N3O4S2. The molecule has 0 radical (unpaired) electrons. The van der Waals surface area contributed by atoms with Crippen molar-refractivity contribution in [2.75, 3.05) is 30.7 Å². The fraction of sp³-hybridized carbons (Fsp3) is 0.545. The second-order valence-corrected chi connectivity index (χ2v) is 11.3. The summed E-state index contributed by atoms with van der Waals surface area (Å²) >= 11 is 1.37. The SMILES string of the molecule is CCCCCS(=O)(=O)C1CCN(C(=O)c2c(NC(=O)NCC)sc3ccccc23)CC1. The van der Waals surface area contributed by atoms with E-state index in [4.69, 9.17) is 0 Å². The molecule has 1 aromatic heterocycles. The molecule has 0 spiro atoms. The number of nitrogens with zero attached hydrogens (tertiary/aromatic N) is 1. The molecule has 7 nitrogen and oxygen atoms in total. The van der Waals surface area contributed by atoms with Crippen molar-refractivity contribution in [2.45, 2.75) is 51.2 Å². The second kappa shape index (κ2) is 10.5. The Kier molecular flexibility index (Phi) is 7.94. The minimum atomic E-state index is -3.12. The number of nitrogens with one attached hydrogen (secondary N) is 2. The lowest BCUT2D eigenvalue weighted by Gasteiger charge is -2.32. The topological polar surface area (TPSA) is 95.6 Å². The fourth-order valence-electron chi connectivity index (χ4n) is 3.95. The highest BCUT2D eigenvalue weighted by Gasteiger charge is 2.33. The van der Waals surface area contributed by atoms with Crippen molar-refractivity contribution in [1.29, 1.82) is 0 Å². The van der Waals surface area contributed by atoms with Gasteiger partial charge in [-0.15, -0.1) is 11.3 Å². The first-order chi connectivity index (χ1) is 14.9. The molecule has 0 aliphatic carbocycles. The van der Waals surface area contributed by atoms with Gasteiger partial charge >= 0.3 is 6.03 Å². The van der Waals surface area contributed by atoms with Gasteiger partial charge in [-0.05, 0) is 32.3 Å². The molecule has 0 unspecified atom stereocenters. The van der Waals surface area contributed by atoms with E-state index in [-0.39, 0.29) is 22.9 Å². The van der Waals surface area contributed by atoms with Gasteiger partial charge in [0.25, 0.3) is 5.91 Å². The first-order valence-electron chi connectivity index (χ1n) is 10.9. The van der Waals surface area contributed by atoms with Crippen LogP contribution in [0.1, 0.15) is 56.3 Å². The van der Waals surface area contributed by atoms with Gasteiger partial charge in [-0.2, -0.15) is 0 Å². The van der Waals surface area contributed by atoms with Crippen molar-refractivity contribution in [1.82, 2.24) is 10.2 Å². The van der Waals surface area contributed by atoms with Gasteiger partial charge in [0.2, 0.25) is 0 Å². The molecule has 0 bridgehead atoms. The van der Waals surface area contributed by atoms with Gasteiger partial charge in [-0.1, -0.05) is 38.0 Å². The normalized spacial score (nSPS) is 15.2. The van der Waals surface area contributed by atoms with E-state index in [1.807, 2.05) is 31.2 Å². The van der Waals surface area contributed by atoms with Gasteiger partial charge in [0.15, 0.2) is 9.84 Å². The van der Waals surface area contributed by atoms with Crippen molar-refractivity contribution >= 4 is 48.2 Å². The number of fused-ring (bicyclic) bond motifs is 1. The number of hydrogen-bond donors (Lipinski definition) is 2. The molecule has 1 aliphatic heterocycles. The summed E-state index contributed by atoms with van der Waals surface area (Å²) in [7, 11) is -3.12. The summed E-state index contributed by atoms with van der Waals surface area (Å²) in [6.45, 7) is 5.18. The summed E-state index contributed by atoms with van der Waals surface area (Å²) in [5, 5.41) is 6.45. The van der Waals surface area contributed by atoms with Gasteiger partial charge in [0.1, 0.15) is 5.00 Å². The fourth-order valence-corrected chi connectivity index (χ4v) is 6.91.